The number of benzene rings is 2. The monoisotopic (exact) mass is 502 g/mol. The Kier molecular flexibility index (Phi) is 6.60. The number of hydrogen-bond donors (Lipinski definition) is 0. The minimum Gasteiger partial charge on any atom is -0.493 e. The lowest BCUT2D eigenvalue weighted by atomic mass is 10.2. The molecule has 3 heterocycles. The van der Waals surface area contributed by atoms with Crippen LogP contribution in [0.5, 0.6) is 11.5 Å². The Hall–Kier alpha value is -3.92. The Bertz CT molecular complexity index is 1560. The number of fused-ring (bicyclic) bond motifs is 3. The third-order valence-corrected chi connectivity index (χ3v) is 6.80. The summed E-state index contributed by atoms with van der Waals surface area (Å²) < 4.78 is 14.7. The highest BCUT2D eigenvalue weighted by molar-refractivity contribution is 7.99. The Balaban J connectivity index is 1.54. The van der Waals surface area contributed by atoms with Gasteiger partial charge in [-0.2, -0.15) is 9.61 Å². The molecule has 0 amide bonds. The van der Waals surface area contributed by atoms with Crippen molar-refractivity contribution in [2.45, 2.75) is 32.0 Å². The second-order valence-corrected chi connectivity index (χ2v) is 9.30. The molecule has 0 fully saturated rings. The summed E-state index contributed by atoms with van der Waals surface area (Å²) in [5.74, 6) is 2.07. The molecule has 0 aliphatic rings. The highest BCUT2D eigenvalue weighted by Crippen LogP contribution is 2.34. The summed E-state index contributed by atoms with van der Waals surface area (Å²) in [5.41, 5.74) is 4.08. The first-order chi connectivity index (χ1) is 17.5. The number of nitrogens with zero attached hydrogens (tertiary/aromatic N) is 6. The van der Waals surface area contributed by atoms with Crippen molar-refractivity contribution in [1.82, 2.24) is 29.4 Å². The van der Waals surface area contributed by atoms with Gasteiger partial charge in [0.25, 0.3) is 0 Å². The molecule has 0 unspecified atom stereocenters. The second-order valence-electron chi connectivity index (χ2n) is 8.36. The van der Waals surface area contributed by atoms with E-state index in [4.69, 9.17) is 24.5 Å². The van der Waals surface area contributed by atoms with Crippen molar-refractivity contribution in [3.8, 4) is 11.5 Å². The number of Topliss-reactive ketones (excluding diaryl/α,β-unsaturated/α-hetero) is 1. The van der Waals surface area contributed by atoms with Crippen LogP contribution >= 0.6 is 11.8 Å². The molecule has 0 spiro atoms. The summed E-state index contributed by atoms with van der Waals surface area (Å²) in [6.07, 6.45) is 0.603. The first-order valence-electron chi connectivity index (χ1n) is 11.5. The van der Waals surface area contributed by atoms with Crippen LogP contribution in [0, 0.1) is 13.8 Å². The molecule has 0 aliphatic carbocycles. The van der Waals surface area contributed by atoms with Crippen LogP contribution in [-0.4, -0.2) is 55.1 Å². The number of thioether (sulfide) groups is 1. The number of ketones is 1. The van der Waals surface area contributed by atoms with E-state index >= 15 is 0 Å². The molecule has 0 atom stereocenters. The SMILES string of the molecule is COc1cc2nc(SCC(=O)c3ccccc3)n3nc(CCn4nc(C)cc4C)nc3c2cc1OC. The van der Waals surface area contributed by atoms with Gasteiger partial charge in [0.15, 0.2) is 33.9 Å². The summed E-state index contributed by atoms with van der Waals surface area (Å²) in [6.45, 7) is 4.67. The van der Waals surface area contributed by atoms with Crippen LogP contribution in [0.25, 0.3) is 16.6 Å². The fourth-order valence-electron chi connectivity index (χ4n) is 4.10. The van der Waals surface area contributed by atoms with Crippen molar-refractivity contribution in [3.05, 3.63) is 71.3 Å². The number of aryl methyl sites for hydroxylation is 4. The molecule has 0 saturated carbocycles. The van der Waals surface area contributed by atoms with Gasteiger partial charge in [0, 0.05) is 35.7 Å². The lowest BCUT2D eigenvalue weighted by Crippen LogP contribution is -2.07. The van der Waals surface area contributed by atoms with Gasteiger partial charge in [-0.3, -0.25) is 9.48 Å². The molecule has 3 aromatic heterocycles. The minimum atomic E-state index is 0.0211. The Labute approximate surface area is 212 Å². The summed E-state index contributed by atoms with van der Waals surface area (Å²) in [6, 6.07) is 15.0. The third-order valence-electron chi connectivity index (χ3n) is 5.87. The van der Waals surface area contributed by atoms with Gasteiger partial charge >= 0.3 is 0 Å². The molecule has 0 radical (unpaired) electrons. The summed E-state index contributed by atoms with van der Waals surface area (Å²) in [4.78, 5) is 22.4. The Morgan fingerprint density at radius 3 is 2.42 bits per heavy atom. The first-order valence-corrected chi connectivity index (χ1v) is 12.5. The maximum absolute atomic E-state index is 12.8. The standard InChI is InChI=1S/C26H26N6O3S/c1-16-12-17(2)31(29-16)11-10-24-28-25-19-13-22(34-3)23(35-4)14-20(19)27-26(32(25)30-24)36-15-21(33)18-8-6-5-7-9-18/h5-9,12-14H,10-11,15H2,1-4H3. The highest BCUT2D eigenvalue weighted by Gasteiger charge is 2.18. The molecule has 10 heteroatoms. The summed E-state index contributed by atoms with van der Waals surface area (Å²) in [5, 5.41) is 10.7. The van der Waals surface area contributed by atoms with Gasteiger partial charge in [-0.05, 0) is 26.0 Å². The number of aromatic nitrogens is 6. The third kappa shape index (κ3) is 4.64. The van der Waals surface area contributed by atoms with Gasteiger partial charge in [-0.25, -0.2) is 9.97 Å². The van der Waals surface area contributed by atoms with E-state index in [1.807, 2.05) is 67.1 Å². The van der Waals surface area contributed by atoms with Gasteiger partial charge in [0.05, 0.1) is 31.2 Å². The van der Waals surface area contributed by atoms with Gasteiger partial charge in [-0.1, -0.05) is 42.1 Å². The van der Waals surface area contributed by atoms with Gasteiger partial charge in [0.2, 0.25) is 0 Å². The molecule has 9 nitrogen and oxygen atoms in total. The van der Waals surface area contributed by atoms with Crippen LogP contribution in [0.1, 0.15) is 27.6 Å². The average Bonchev–Trinajstić information content (AvgIpc) is 3.47. The topological polar surface area (TPSA) is 96.4 Å². The number of methoxy groups -OCH3 is 2. The molecule has 0 bridgehead atoms. The molecule has 0 aliphatic heterocycles. The normalized spacial score (nSPS) is 11.3. The number of hydrogen-bond acceptors (Lipinski definition) is 8. The van der Waals surface area contributed by atoms with Crippen molar-refractivity contribution < 1.29 is 14.3 Å². The van der Waals surface area contributed by atoms with Gasteiger partial charge < -0.3 is 9.47 Å². The van der Waals surface area contributed by atoms with Crippen LogP contribution < -0.4 is 9.47 Å². The number of carbonyl (C=O) groups is 1. The van der Waals surface area contributed by atoms with Crippen LogP contribution in [0.15, 0.2) is 53.7 Å². The Morgan fingerprint density at radius 1 is 0.972 bits per heavy atom. The van der Waals surface area contributed by atoms with E-state index in [9.17, 15) is 4.79 Å². The Morgan fingerprint density at radius 2 is 1.72 bits per heavy atom. The predicted octanol–water partition coefficient (Wildman–Crippen LogP) is 4.33. The van der Waals surface area contributed by atoms with Crippen LogP contribution in [0.3, 0.4) is 0 Å². The van der Waals surface area contributed by atoms with E-state index in [0.29, 0.717) is 52.2 Å². The zero-order valence-corrected chi connectivity index (χ0v) is 21.4. The maximum atomic E-state index is 12.8. The molecule has 0 saturated heterocycles. The molecule has 36 heavy (non-hydrogen) atoms. The number of ether oxygens (including phenoxy) is 2. The van der Waals surface area contributed by atoms with Gasteiger partial charge in [0.1, 0.15) is 0 Å². The fourth-order valence-corrected chi connectivity index (χ4v) is 4.94. The van der Waals surface area contributed by atoms with Crippen molar-refractivity contribution in [2.24, 2.45) is 0 Å². The van der Waals surface area contributed by atoms with Crippen molar-refractivity contribution >= 4 is 34.1 Å². The van der Waals surface area contributed by atoms with E-state index in [2.05, 4.69) is 5.10 Å². The van der Waals surface area contributed by atoms with E-state index in [1.165, 1.54) is 11.8 Å². The quantitative estimate of drug-likeness (QED) is 0.167. The number of carbonyl (C=O) groups excluding carboxylic acids is 1. The number of rotatable bonds is 9. The van der Waals surface area contributed by atoms with Crippen molar-refractivity contribution in [3.63, 3.8) is 0 Å². The minimum absolute atomic E-state index is 0.0211. The predicted molar refractivity (Wildman–Crippen MR) is 138 cm³/mol. The lowest BCUT2D eigenvalue weighted by Gasteiger charge is -2.11. The van der Waals surface area contributed by atoms with Gasteiger partial charge in [-0.15, -0.1) is 5.10 Å². The molecule has 5 aromatic rings. The fraction of sp³-hybridized carbons (Fsp3) is 0.269. The molecule has 5 rings (SSSR count). The maximum Gasteiger partial charge on any atom is 0.192 e. The molecular formula is C26H26N6O3S. The molecule has 184 valence electrons. The molecule has 2 aromatic carbocycles. The first kappa shape index (κ1) is 23.8. The summed E-state index contributed by atoms with van der Waals surface area (Å²) >= 11 is 1.33. The second kappa shape index (κ2) is 9.98. The van der Waals surface area contributed by atoms with E-state index < -0.39 is 0 Å². The zero-order valence-electron chi connectivity index (χ0n) is 20.6. The van der Waals surface area contributed by atoms with Crippen molar-refractivity contribution in [1.29, 1.82) is 0 Å². The van der Waals surface area contributed by atoms with E-state index in [0.717, 1.165) is 16.8 Å². The van der Waals surface area contributed by atoms with E-state index in [1.54, 1.807) is 18.7 Å². The largest absolute Gasteiger partial charge is 0.493 e. The smallest absolute Gasteiger partial charge is 0.192 e. The van der Waals surface area contributed by atoms with Crippen LogP contribution in [0.4, 0.5) is 0 Å². The summed E-state index contributed by atoms with van der Waals surface area (Å²) in [7, 11) is 3.18. The highest BCUT2D eigenvalue weighted by atomic mass is 32.2. The van der Waals surface area contributed by atoms with Crippen LogP contribution in [-0.2, 0) is 13.0 Å². The molecule has 0 N–H and O–H groups in total. The van der Waals surface area contributed by atoms with E-state index in [-0.39, 0.29) is 11.5 Å². The lowest BCUT2D eigenvalue weighted by molar-refractivity contribution is 0.102. The van der Waals surface area contributed by atoms with Crippen molar-refractivity contribution in [2.75, 3.05) is 20.0 Å². The molecular weight excluding hydrogens is 476 g/mol. The average molecular weight is 503 g/mol. The zero-order chi connectivity index (χ0) is 25.2. The van der Waals surface area contributed by atoms with Crippen LogP contribution in [0.2, 0.25) is 0 Å².